The third-order valence-corrected chi connectivity index (χ3v) is 3.81. The van der Waals surface area contributed by atoms with Crippen LogP contribution in [0.1, 0.15) is 25.8 Å². The Hall–Kier alpha value is -0.980. The molecule has 2 atom stereocenters. The predicted molar refractivity (Wildman–Crippen MR) is 85.5 cm³/mol. The zero-order valence-electron chi connectivity index (χ0n) is 13.4. The van der Waals surface area contributed by atoms with Gasteiger partial charge in [0.1, 0.15) is 17.5 Å². The predicted octanol–water partition coefficient (Wildman–Crippen LogP) is 3.37. The molecule has 6 heteroatoms. The van der Waals surface area contributed by atoms with Crippen molar-refractivity contribution in [3.63, 3.8) is 0 Å². The Morgan fingerprint density at radius 2 is 2.04 bits per heavy atom. The summed E-state index contributed by atoms with van der Waals surface area (Å²) in [6, 6.07) is 6.08. The monoisotopic (exact) mass is 344 g/mol. The van der Waals surface area contributed by atoms with Gasteiger partial charge in [0, 0.05) is 11.5 Å². The summed E-state index contributed by atoms with van der Waals surface area (Å²) in [6.07, 6.45) is -0.225. The third-order valence-electron chi connectivity index (χ3n) is 3.67. The van der Waals surface area contributed by atoms with Crippen LogP contribution in [0, 0.1) is 5.82 Å². The van der Waals surface area contributed by atoms with Crippen molar-refractivity contribution in [2.24, 2.45) is 0 Å². The number of hydrogen-bond donors (Lipinski definition) is 1. The average Bonchev–Trinajstić information content (AvgIpc) is 2.71. The number of aliphatic hydroxyl groups excluding tert-OH is 1. The van der Waals surface area contributed by atoms with Crippen molar-refractivity contribution >= 4 is 11.6 Å². The van der Waals surface area contributed by atoms with Crippen molar-refractivity contribution in [1.29, 1.82) is 0 Å². The molecule has 0 saturated carbocycles. The molecular formula is C17H22ClFO4. The van der Waals surface area contributed by atoms with Gasteiger partial charge < -0.3 is 19.3 Å². The van der Waals surface area contributed by atoms with Gasteiger partial charge in [-0.3, -0.25) is 0 Å². The topological polar surface area (TPSA) is 47.9 Å². The molecule has 1 aromatic carbocycles. The van der Waals surface area contributed by atoms with Crippen molar-refractivity contribution in [1.82, 2.24) is 0 Å². The summed E-state index contributed by atoms with van der Waals surface area (Å²) in [4.78, 5) is 0. The maximum absolute atomic E-state index is 12.9. The Morgan fingerprint density at radius 3 is 2.61 bits per heavy atom. The molecule has 0 aromatic heterocycles. The summed E-state index contributed by atoms with van der Waals surface area (Å²) in [5.41, 5.74) is -0.133. The first-order valence-corrected chi connectivity index (χ1v) is 7.78. The molecule has 2 rings (SSSR count). The molecular weight excluding hydrogens is 323 g/mol. The van der Waals surface area contributed by atoms with Crippen LogP contribution in [-0.2, 0) is 20.8 Å². The first-order chi connectivity index (χ1) is 10.8. The number of benzene rings is 1. The lowest BCUT2D eigenvalue weighted by Gasteiger charge is -2.30. The Labute approximate surface area is 140 Å². The quantitative estimate of drug-likeness (QED) is 0.824. The second kappa shape index (κ2) is 7.28. The molecule has 128 valence electrons. The highest BCUT2D eigenvalue weighted by Crippen LogP contribution is 2.40. The van der Waals surface area contributed by atoms with E-state index in [0.29, 0.717) is 11.6 Å². The fourth-order valence-corrected chi connectivity index (χ4v) is 2.97. The Morgan fingerprint density at radius 1 is 1.39 bits per heavy atom. The van der Waals surface area contributed by atoms with Crippen molar-refractivity contribution in [3.8, 4) is 0 Å². The van der Waals surface area contributed by atoms with E-state index >= 15 is 0 Å². The van der Waals surface area contributed by atoms with E-state index in [1.807, 2.05) is 0 Å². The molecule has 1 fully saturated rings. The lowest BCUT2D eigenvalue weighted by atomic mass is 9.94. The van der Waals surface area contributed by atoms with Gasteiger partial charge in [0.2, 0.25) is 0 Å². The van der Waals surface area contributed by atoms with Gasteiger partial charge in [-0.05, 0) is 31.5 Å². The van der Waals surface area contributed by atoms with Crippen molar-refractivity contribution in [3.05, 3.63) is 47.3 Å². The molecule has 0 radical (unpaired) electrons. The van der Waals surface area contributed by atoms with E-state index in [9.17, 15) is 9.50 Å². The smallest absolute Gasteiger partial charge is 0.164 e. The molecule has 4 nitrogen and oxygen atoms in total. The van der Waals surface area contributed by atoms with E-state index in [4.69, 9.17) is 25.8 Å². The highest BCUT2D eigenvalue weighted by atomic mass is 35.5. The Bertz CT molecular complexity index is 546. The lowest BCUT2D eigenvalue weighted by molar-refractivity contribution is -0.170. The molecule has 1 saturated heterocycles. The Balaban J connectivity index is 2.00. The van der Waals surface area contributed by atoms with Crippen molar-refractivity contribution in [2.45, 2.75) is 44.4 Å². The summed E-state index contributed by atoms with van der Waals surface area (Å²) in [6.45, 7) is 7.48. The molecule has 23 heavy (non-hydrogen) atoms. The number of aliphatic hydroxyl groups is 1. The summed E-state index contributed by atoms with van der Waals surface area (Å²) >= 11 is 5.91. The molecule has 1 aromatic rings. The van der Waals surface area contributed by atoms with Crippen LogP contribution in [0.5, 0.6) is 0 Å². The zero-order chi connectivity index (χ0) is 17.1. The van der Waals surface area contributed by atoms with Gasteiger partial charge in [-0.2, -0.15) is 0 Å². The molecule has 1 N–H and O–H groups in total. The van der Waals surface area contributed by atoms with E-state index in [-0.39, 0.29) is 25.5 Å². The number of ether oxygens (including phenoxy) is 3. The van der Waals surface area contributed by atoms with Gasteiger partial charge in [-0.1, -0.05) is 30.3 Å². The second-order valence-corrected chi connectivity index (χ2v) is 6.70. The zero-order valence-corrected chi connectivity index (χ0v) is 14.1. The van der Waals surface area contributed by atoms with Gasteiger partial charge in [0.25, 0.3) is 0 Å². The van der Waals surface area contributed by atoms with E-state index in [2.05, 4.69) is 6.58 Å². The third kappa shape index (κ3) is 4.75. The standard InChI is InChI=1S/C17H22ClFO4/c1-12(18)8-17(11-20)15(22-16(2,3)23-17)10-21-9-13-4-6-14(19)7-5-13/h4-7,15,20H,1,8-11H2,2-3H3/t15-,17+/m1/s1. The van der Waals surface area contributed by atoms with Crippen LogP contribution in [0.4, 0.5) is 4.39 Å². The summed E-state index contributed by atoms with van der Waals surface area (Å²) in [5, 5.41) is 10.2. The maximum Gasteiger partial charge on any atom is 0.164 e. The minimum Gasteiger partial charge on any atom is -0.393 e. The van der Waals surface area contributed by atoms with Crippen LogP contribution in [0.15, 0.2) is 35.9 Å². The minimum atomic E-state index is -0.981. The number of hydrogen-bond acceptors (Lipinski definition) is 4. The second-order valence-electron chi connectivity index (χ2n) is 6.17. The van der Waals surface area contributed by atoms with Gasteiger partial charge in [-0.15, -0.1) is 0 Å². The number of halogens is 2. The fraction of sp³-hybridized carbons (Fsp3) is 0.529. The van der Waals surface area contributed by atoms with Crippen molar-refractivity contribution in [2.75, 3.05) is 13.2 Å². The van der Waals surface area contributed by atoms with E-state index in [1.54, 1.807) is 26.0 Å². The van der Waals surface area contributed by atoms with Gasteiger partial charge in [-0.25, -0.2) is 4.39 Å². The molecule has 1 heterocycles. The Kier molecular flexibility index (Phi) is 5.81. The van der Waals surface area contributed by atoms with Crippen LogP contribution < -0.4 is 0 Å². The summed E-state index contributed by atoms with van der Waals surface area (Å²) in [5.74, 6) is -1.14. The van der Waals surface area contributed by atoms with Crippen LogP contribution >= 0.6 is 11.6 Å². The van der Waals surface area contributed by atoms with Crippen LogP contribution in [0.2, 0.25) is 0 Å². The molecule has 0 bridgehead atoms. The SMILES string of the molecule is C=C(Cl)C[C@@]1(CO)OC(C)(C)O[C@@H]1COCc1ccc(F)cc1. The molecule has 0 amide bonds. The van der Waals surface area contributed by atoms with E-state index in [1.165, 1.54) is 12.1 Å². The van der Waals surface area contributed by atoms with E-state index in [0.717, 1.165) is 5.56 Å². The molecule has 0 aliphatic carbocycles. The van der Waals surface area contributed by atoms with E-state index < -0.39 is 17.5 Å². The largest absolute Gasteiger partial charge is 0.393 e. The average molecular weight is 345 g/mol. The molecule has 1 aliphatic heterocycles. The number of rotatable bonds is 7. The summed E-state index contributed by atoms with van der Waals surface area (Å²) < 4.78 is 30.3. The molecule has 0 spiro atoms. The highest BCUT2D eigenvalue weighted by Gasteiger charge is 2.53. The van der Waals surface area contributed by atoms with Gasteiger partial charge in [0.05, 0.1) is 19.8 Å². The minimum absolute atomic E-state index is 0.214. The normalized spacial score (nSPS) is 26.4. The highest BCUT2D eigenvalue weighted by molar-refractivity contribution is 6.29. The van der Waals surface area contributed by atoms with Crippen LogP contribution in [-0.4, -0.2) is 35.8 Å². The van der Waals surface area contributed by atoms with Crippen molar-refractivity contribution < 1.29 is 23.7 Å². The fourth-order valence-electron chi connectivity index (χ4n) is 2.74. The summed E-state index contributed by atoms with van der Waals surface area (Å²) in [7, 11) is 0. The lowest BCUT2D eigenvalue weighted by Crippen LogP contribution is -2.46. The van der Waals surface area contributed by atoms with Gasteiger partial charge >= 0.3 is 0 Å². The first-order valence-electron chi connectivity index (χ1n) is 7.41. The van der Waals surface area contributed by atoms with Crippen LogP contribution in [0.25, 0.3) is 0 Å². The van der Waals surface area contributed by atoms with Crippen LogP contribution in [0.3, 0.4) is 0 Å². The molecule has 0 unspecified atom stereocenters. The molecule has 1 aliphatic rings. The first kappa shape index (κ1) is 18.4. The van der Waals surface area contributed by atoms with Gasteiger partial charge in [0.15, 0.2) is 5.79 Å². The maximum atomic E-state index is 12.9.